The second-order valence-corrected chi connectivity index (χ2v) is 5.47. The van der Waals surface area contributed by atoms with E-state index in [9.17, 15) is 4.39 Å². The van der Waals surface area contributed by atoms with E-state index in [-0.39, 0.29) is 5.82 Å². The van der Waals surface area contributed by atoms with Crippen LogP contribution in [0.1, 0.15) is 30.9 Å². The fraction of sp³-hybridized carbons (Fsp3) is 0.600. The van der Waals surface area contributed by atoms with Gasteiger partial charge in [0.15, 0.2) is 0 Å². The van der Waals surface area contributed by atoms with E-state index >= 15 is 0 Å². The Kier molecular flexibility index (Phi) is 3.62. The molecule has 1 atom stereocenters. The van der Waals surface area contributed by atoms with Gasteiger partial charge in [0, 0.05) is 32.2 Å². The van der Waals surface area contributed by atoms with E-state index in [0.717, 1.165) is 32.1 Å². The highest BCUT2D eigenvalue weighted by Crippen LogP contribution is 2.41. The summed E-state index contributed by atoms with van der Waals surface area (Å²) in [5, 5.41) is 3.40. The van der Waals surface area contributed by atoms with Gasteiger partial charge in [0.25, 0.3) is 0 Å². The highest BCUT2D eigenvalue weighted by atomic mass is 19.1. The normalized spacial score (nSPS) is 23.6. The fourth-order valence-electron chi connectivity index (χ4n) is 3.16. The van der Waals surface area contributed by atoms with Gasteiger partial charge in [-0.05, 0) is 36.5 Å². The van der Waals surface area contributed by atoms with E-state index in [1.165, 1.54) is 24.8 Å². The van der Waals surface area contributed by atoms with Crippen molar-refractivity contribution in [2.24, 2.45) is 5.92 Å². The molecule has 1 saturated carbocycles. The topological polar surface area (TPSA) is 15.3 Å². The summed E-state index contributed by atoms with van der Waals surface area (Å²) in [5.74, 6) is 0.639. The van der Waals surface area contributed by atoms with Gasteiger partial charge in [0.1, 0.15) is 5.82 Å². The van der Waals surface area contributed by atoms with Gasteiger partial charge in [-0.25, -0.2) is 4.39 Å². The van der Waals surface area contributed by atoms with Crippen LogP contribution in [-0.2, 0) is 0 Å². The molecule has 2 aliphatic rings. The monoisotopic (exact) mass is 248 g/mol. The van der Waals surface area contributed by atoms with Crippen LogP contribution in [0.25, 0.3) is 0 Å². The van der Waals surface area contributed by atoms with Crippen molar-refractivity contribution in [3.63, 3.8) is 0 Å². The molecule has 1 heterocycles. The van der Waals surface area contributed by atoms with Crippen LogP contribution in [0, 0.1) is 11.7 Å². The molecule has 1 N–H and O–H groups in total. The Morgan fingerprint density at radius 3 is 2.33 bits per heavy atom. The lowest BCUT2D eigenvalue weighted by atomic mass is 9.76. The average molecular weight is 248 g/mol. The maximum absolute atomic E-state index is 13.1. The molecule has 98 valence electrons. The van der Waals surface area contributed by atoms with E-state index in [2.05, 4.69) is 10.2 Å². The van der Waals surface area contributed by atoms with Crippen molar-refractivity contribution < 1.29 is 4.39 Å². The molecule has 0 amide bonds. The van der Waals surface area contributed by atoms with Gasteiger partial charge in [0.2, 0.25) is 0 Å². The molecule has 18 heavy (non-hydrogen) atoms. The molecule has 0 radical (unpaired) electrons. The molecule has 0 bridgehead atoms. The van der Waals surface area contributed by atoms with Crippen LogP contribution in [0.4, 0.5) is 4.39 Å². The lowest BCUT2D eigenvalue weighted by Crippen LogP contribution is -2.47. The first-order valence-corrected chi connectivity index (χ1v) is 7.05. The second kappa shape index (κ2) is 5.37. The van der Waals surface area contributed by atoms with Crippen LogP contribution < -0.4 is 5.32 Å². The summed E-state index contributed by atoms with van der Waals surface area (Å²) in [5.41, 5.74) is 1.29. The SMILES string of the molecule is Fc1ccc([C@@H](C2CCC2)N2CCNCC2)cc1. The van der Waals surface area contributed by atoms with Crippen molar-refractivity contribution in [3.05, 3.63) is 35.6 Å². The Hall–Kier alpha value is -0.930. The number of halogens is 1. The third-order valence-electron chi connectivity index (χ3n) is 4.35. The van der Waals surface area contributed by atoms with E-state index in [0.29, 0.717) is 6.04 Å². The zero-order valence-corrected chi connectivity index (χ0v) is 10.7. The molecule has 1 aliphatic heterocycles. The van der Waals surface area contributed by atoms with Crippen molar-refractivity contribution in [3.8, 4) is 0 Å². The molecule has 1 aromatic carbocycles. The van der Waals surface area contributed by atoms with Crippen LogP contribution >= 0.6 is 0 Å². The van der Waals surface area contributed by atoms with Crippen molar-refractivity contribution in [2.45, 2.75) is 25.3 Å². The van der Waals surface area contributed by atoms with Crippen molar-refractivity contribution >= 4 is 0 Å². The first-order chi connectivity index (χ1) is 8.84. The summed E-state index contributed by atoms with van der Waals surface area (Å²) in [7, 11) is 0. The highest BCUT2D eigenvalue weighted by Gasteiger charge is 2.33. The Labute approximate surface area is 108 Å². The minimum Gasteiger partial charge on any atom is -0.314 e. The number of piperazine rings is 1. The highest BCUT2D eigenvalue weighted by molar-refractivity contribution is 5.21. The smallest absolute Gasteiger partial charge is 0.123 e. The molecule has 0 aromatic heterocycles. The Morgan fingerprint density at radius 1 is 1.11 bits per heavy atom. The number of nitrogens with one attached hydrogen (secondary N) is 1. The molecular formula is C15H21FN2. The second-order valence-electron chi connectivity index (χ2n) is 5.47. The van der Waals surface area contributed by atoms with Crippen LogP contribution in [0.15, 0.2) is 24.3 Å². The number of hydrogen-bond donors (Lipinski definition) is 1. The van der Waals surface area contributed by atoms with Gasteiger partial charge in [-0.1, -0.05) is 18.6 Å². The van der Waals surface area contributed by atoms with Crippen molar-refractivity contribution in [1.29, 1.82) is 0 Å². The van der Waals surface area contributed by atoms with Crippen LogP contribution in [0.5, 0.6) is 0 Å². The molecule has 2 fully saturated rings. The number of hydrogen-bond acceptors (Lipinski definition) is 2. The van der Waals surface area contributed by atoms with E-state index in [1.54, 1.807) is 12.1 Å². The summed E-state index contributed by atoms with van der Waals surface area (Å²) >= 11 is 0. The first kappa shape index (κ1) is 12.1. The van der Waals surface area contributed by atoms with Crippen LogP contribution in [-0.4, -0.2) is 31.1 Å². The predicted octanol–water partition coefficient (Wildman–Crippen LogP) is 2.57. The van der Waals surface area contributed by atoms with Crippen molar-refractivity contribution in [1.82, 2.24) is 10.2 Å². The third kappa shape index (κ3) is 2.43. The number of rotatable bonds is 3. The summed E-state index contributed by atoms with van der Waals surface area (Å²) in [6.07, 6.45) is 4.01. The maximum Gasteiger partial charge on any atom is 0.123 e. The van der Waals surface area contributed by atoms with E-state index in [4.69, 9.17) is 0 Å². The zero-order chi connectivity index (χ0) is 12.4. The number of nitrogens with zero attached hydrogens (tertiary/aromatic N) is 1. The lowest BCUT2D eigenvalue weighted by molar-refractivity contribution is 0.0837. The van der Waals surface area contributed by atoms with Gasteiger partial charge in [-0.3, -0.25) is 4.90 Å². The largest absolute Gasteiger partial charge is 0.314 e. The molecule has 2 nitrogen and oxygen atoms in total. The Morgan fingerprint density at radius 2 is 1.78 bits per heavy atom. The molecule has 1 saturated heterocycles. The Bertz CT molecular complexity index is 380. The minimum atomic E-state index is -0.133. The first-order valence-electron chi connectivity index (χ1n) is 7.05. The summed E-state index contributed by atoms with van der Waals surface area (Å²) in [6.45, 7) is 4.37. The quantitative estimate of drug-likeness (QED) is 0.884. The maximum atomic E-state index is 13.1. The molecule has 1 aromatic rings. The summed E-state index contributed by atoms with van der Waals surface area (Å²) in [6, 6.07) is 7.65. The molecule has 0 spiro atoms. The molecule has 0 unspecified atom stereocenters. The van der Waals surface area contributed by atoms with E-state index in [1.807, 2.05) is 12.1 Å². The summed E-state index contributed by atoms with van der Waals surface area (Å²) in [4.78, 5) is 2.58. The molecule has 1 aliphatic carbocycles. The van der Waals surface area contributed by atoms with Crippen LogP contribution in [0.2, 0.25) is 0 Å². The van der Waals surface area contributed by atoms with Gasteiger partial charge in [-0.2, -0.15) is 0 Å². The third-order valence-corrected chi connectivity index (χ3v) is 4.35. The Balaban J connectivity index is 1.81. The molecular weight excluding hydrogens is 227 g/mol. The number of benzene rings is 1. The zero-order valence-electron chi connectivity index (χ0n) is 10.7. The van der Waals surface area contributed by atoms with Gasteiger partial charge >= 0.3 is 0 Å². The standard InChI is InChI=1S/C15H21FN2/c16-14-6-4-13(5-7-14)15(12-2-1-3-12)18-10-8-17-9-11-18/h4-7,12,15,17H,1-3,8-11H2/t15-/m1/s1. The van der Waals surface area contributed by atoms with E-state index < -0.39 is 0 Å². The van der Waals surface area contributed by atoms with Crippen LogP contribution in [0.3, 0.4) is 0 Å². The lowest BCUT2D eigenvalue weighted by Gasteiger charge is -2.43. The molecule has 3 rings (SSSR count). The average Bonchev–Trinajstić information content (AvgIpc) is 2.36. The van der Waals surface area contributed by atoms with Crippen molar-refractivity contribution in [2.75, 3.05) is 26.2 Å². The van der Waals surface area contributed by atoms with Gasteiger partial charge in [0.05, 0.1) is 0 Å². The predicted molar refractivity (Wildman–Crippen MR) is 70.9 cm³/mol. The molecule has 3 heteroatoms. The summed E-state index contributed by atoms with van der Waals surface area (Å²) < 4.78 is 13.1. The van der Waals surface area contributed by atoms with Gasteiger partial charge < -0.3 is 5.32 Å². The minimum absolute atomic E-state index is 0.133. The fourth-order valence-corrected chi connectivity index (χ4v) is 3.16. The van der Waals surface area contributed by atoms with Gasteiger partial charge in [-0.15, -0.1) is 0 Å².